The summed E-state index contributed by atoms with van der Waals surface area (Å²) in [4.78, 5) is 23.2. The fourth-order valence-corrected chi connectivity index (χ4v) is 3.55. The van der Waals surface area contributed by atoms with Crippen LogP contribution in [-0.2, 0) is 0 Å². The first-order valence-electron chi connectivity index (χ1n) is 9.28. The number of hydrogen-bond donors (Lipinski definition) is 2. The number of aromatic nitrogens is 3. The van der Waals surface area contributed by atoms with Gasteiger partial charge in [-0.25, -0.2) is 14.4 Å². The van der Waals surface area contributed by atoms with Crippen molar-refractivity contribution in [1.29, 1.82) is 0 Å². The number of pyridine rings is 1. The van der Waals surface area contributed by atoms with Crippen LogP contribution in [0.1, 0.15) is 32.1 Å². The van der Waals surface area contributed by atoms with Gasteiger partial charge >= 0.3 is 0 Å². The molecular weight excluding hydrogens is 343 g/mol. The Morgan fingerprint density at radius 2 is 1.89 bits per heavy atom. The Labute approximate surface area is 156 Å². The Morgan fingerprint density at radius 3 is 2.70 bits per heavy atom. The molecule has 2 N–H and O–H groups in total. The third-order valence-corrected chi connectivity index (χ3v) is 4.95. The highest BCUT2D eigenvalue weighted by molar-refractivity contribution is 5.71. The SMILES string of the molecule is O=c1[nH]cccc1-c1cccc(-c2nc(NC3CCCCC3)ncc2F)c1. The second-order valence-corrected chi connectivity index (χ2v) is 6.86. The van der Waals surface area contributed by atoms with Crippen LogP contribution >= 0.6 is 0 Å². The maximum atomic E-state index is 14.4. The molecule has 5 nitrogen and oxygen atoms in total. The second kappa shape index (κ2) is 7.70. The molecule has 3 aromatic rings. The van der Waals surface area contributed by atoms with Gasteiger partial charge in [0.05, 0.1) is 6.20 Å². The molecule has 4 rings (SSSR count). The van der Waals surface area contributed by atoms with Crippen LogP contribution in [0.25, 0.3) is 22.4 Å². The summed E-state index contributed by atoms with van der Waals surface area (Å²) in [5, 5.41) is 3.33. The molecule has 138 valence electrons. The summed E-state index contributed by atoms with van der Waals surface area (Å²) in [5.41, 5.74) is 1.92. The number of rotatable bonds is 4. The third-order valence-electron chi connectivity index (χ3n) is 4.95. The lowest BCUT2D eigenvalue weighted by Crippen LogP contribution is -2.23. The predicted molar refractivity (Wildman–Crippen MR) is 104 cm³/mol. The first kappa shape index (κ1) is 17.4. The van der Waals surface area contributed by atoms with Crippen LogP contribution in [0.2, 0.25) is 0 Å². The molecule has 0 atom stereocenters. The van der Waals surface area contributed by atoms with Gasteiger partial charge in [0.25, 0.3) is 5.56 Å². The number of nitrogens with zero attached hydrogens (tertiary/aromatic N) is 2. The number of H-pyrrole nitrogens is 1. The number of benzene rings is 1. The molecule has 0 saturated heterocycles. The van der Waals surface area contributed by atoms with Crippen molar-refractivity contribution in [2.75, 3.05) is 5.32 Å². The molecule has 1 saturated carbocycles. The molecule has 0 amide bonds. The van der Waals surface area contributed by atoms with Crippen LogP contribution in [0.4, 0.5) is 10.3 Å². The van der Waals surface area contributed by atoms with Gasteiger partial charge in [0.1, 0.15) is 5.69 Å². The normalized spacial score (nSPS) is 14.9. The first-order valence-corrected chi connectivity index (χ1v) is 9.28. The molecule has 1 aliphatic carbocycles. The smallest absolute Gasteiger partial charge is 0.255 e. The molecule has 0 spiro atoms. The van der Waals surface area contributed by atoms with Crippen LogP contribution in [0.5, 0.6) is 0 Å². The van der Waals surface area contributed by atoms with E-state index in [1.165, 1.54) is 25.5 Å². The highest BCUT2D eigenvalue weighted by atomic mass is 19.1. The van der Waals surface area contributed by atoms with Crippen molar-refractivity contribution in [1.82, 2.24) is 15.0 Å². The van der Waals surface area contributed by atoms with E-state index in [-0.39, 0.29) is 11.3 Å². The first-order chi connectivity index (χ1) is 13.2. The Balaban J connectivity index is 1.66. The van der Waals surface area contributed by atoms with Crippen molar-refractivity contribution in [3.8, 4) is 22.4 Å². The summed E-state index contributed by atoms with van der Waals surface area (Å²) in [6, 6.07) is 11.0. The van der Waals surface area contributed by atoms with Crippen LogP contribution < -0.4 is 10.9 Å². The molecule has 0 radical (unpaired) electrons. The lowest BCUT2D eigenvalue weighted by molar-refractivity contribution is 0.460. The summed E-state index contributed by atoms with van der Waals surface area (Å²) in [6.07, 6.45) is 8.61. The van der Waals surface area contributed by atoms with Crippen LogP contribution in [0.3, 0.4) is 0 Å². The van der Waals surface area contributed by atoms with Gasteiger partial charge in [-0.15, -0.1) is 0 Å². The van der Waals surface area contributed by atoms with Crippen molar-refractivity contribution in [2.45, 2.75) is 38.1 Å². The minimum absolute atomic E-state index is 0.183. The maximum Gasteiger partial charge on any atom is 0.255 e. The van der Waals surface area contributed by atoms with E-state index in [2.05, 4.69) is 20.3 Å². The molecule has 0 aliphatic heterocycles. The quantitative estimate of drug-likeness (QED) is 0.721. The van der Waals surface area contributed by atoms with Crippen molar-refractivity contribution in [2.24, 2.45) is 0 Å². The van der Waals surface area contributed by atoms with E-state index in [9.17, 15) is 9.18 Å². The Bertz CT molecular complexity index is 995. The van der Waals surface area contributed by atoms with Crippen LogP contribution in [0.15, 0.2) is 53.6 Å². The van der Waals surface area contributed by atoms with E-state index in [4.69, 9.17) is 0 Å². The van der Waals surface area contributed by atoms with E-state index >= 15 is 0 Å². The predicted octanol–water partition coefficient (Wildman–Crippen LogP) is 4.38. The summed E-state index contributed by atoms with van der Waals surface area (Å²) in [7, 11) is 0. The average molecular weight is 364 g/mol. The van der Waals surface area contributed by atoms with E-state index < -0.39 is 5.82 Å². The zero-order valence-corrected chi connectivity index (χ0v) is 14.9. The van der Waals surface area contributed by atoms with Crippen LogP contribution in [-0.4, -0.2) is 21.0 Å². The van der Waals surface area contributed by atoms with Crippen LogP contribution in [0, 0.1) is 5.82 Å². The molecule has 0 bridgehead atoms. The number of anilines is 1. The van der Waals surface area contributed by atoms with Crippen molar-refractivity contribution >= 4 is 5.95 Å². The third kappa shape index (κ3) is 3.89. The number of halogens is 1. The molecule has 2 heterocycles. The lowest BCUT2D eigenvalue weighted by Gasteiger charge is -2.22. The number of hydrogen-bond acceptors (Lipinski definition) is 4. The Kier molecular flexibility index (Phi) is 4.96. The van der Waals surface area contributed by atoms with Crippen molar-refractivity contribution < 1.29 is 4.39 Å². The molecule has 1 aromatic carbocycles. The minimum Gasteiger partial charge on any atom is -0.351 e. The van der Waals surface area contributed by atoms with Gasteiger partial charge in [-0.05, 0) is 36.6 Å². The number of aromatic amines is 1. The summed E-state index contributed by atoms with van der Waals surface area (Å²) >= 11 is 0. The Hall–Kier alpha value is -3.02. The van der Waals surface area contributed by atoms with Crippen molar-refractivity contribution in [3.05, 3.63) is 65.0 Å². The van der Waals surface area contributed by atoms with Crippen molar-refractivity contribution in [3.63, 3.8) is 0 Å². The van der Waals surface area contributed by atoms with E-state index in [1.807, 2.05) is 6.07 Å². The summed E-state index contributed by atoms with van der Waals surface area (Å²) in [6.45, 7) is 0. The van der Waals surface area contributed by atoms with Gasteiger partial charge in [0, 0.05) is 23.4 Å². The van der Waals surface area contributed by atoms with E-state index in [1.54, 1.807) is 36.5 Å². The molecule has 0 unspecified atom stereocenters. The summed E-state index contributed by atoms with van der Waals surface area (Å²) in [5.74, 6) is -0.0374. The van der Waals surface area contributed by atoms with Gasteiger partial charge in [-0.2, -0.15) is 0 Å². The molecule has 2 aromatic heterocycles. The zero-order valence-electron chi connectivity index (χ0n) is 14.9. The fourth-order valence-electron chi connectivity index (χ4n) is 3.55. The molecule has 1 fully saturated rings. The molecule has 27 heavy (non-hydrogen) atoms. The highest BCUT2D eigenvalue weighted by Crippen LogP contribution is 2.27. The van der Waals surface area contributed by atoms with Gasteiger partial charge < -0.3 is 10.3 Å². The average Bonchev–Trinajstić information content (AvgIpc) is 2.71. The number of nitrogens with one attached hydrogen (secondary N) is 2. The Morgan fingerprint density at radius 1 is 1.07 bits per heavy atom. The van der Waals surface area contributed by atoms with Gasteiger partial charge in [0.2, 0.25) is 5.95 Å². The van der Waals surface area contributed by atoms with Gasteiger partial charge in [-0.3, -0.25) is 4.79 Å². The molecule has 6 heteroatoms. The van der Waals surface area contributed by atoms with Gasteiger partial charge in [-0.1, -0.05) is 37.5 Å². The van der Waals surface area contributed by atoms with E-state index in [0.29, 0.717) is 28.7 Å². The lowest BCUT2D eigenvalue weighted by atomic mass is 9.96. The highest BCUT2D eigenvalue weighted by Gasteiger charge is 2.16. The van der Waals surface area contributed by atoms with Gasteiger partial charge in [0.15, 0.2) is 5.82 Å². The summed E-state index contributed by atoms with van der Waals surface area (Å²) < 4.78 is 14.4. The topological polar surface area (TPSA) is 70.7 Å². The monoisotopic (exact) mass is 364 g/mol. The standard InChI is InChI=1S/C21H21FN4O/c22-18-13-24-21(25-16-8-2-1-3-9-16)26-19(18)15-7-4-6-14(12-15)17-10-5-11-23-20(17)27/h4-7,10-13,16H,1-3,8-9H2,(H,23,27)(H,24,25,26). The zero-order chi connectivity index (χ0) is 18.6. The minimum atomic E-state index is -0.483. The fraction of sp³-hybridized carbons (Fsp3) is 0.286. The largest absolute Gasteiger partial charge is 0.351 e. The van der Waals surface area contributed by atoms with E-state index in [0.717, 1.165) is 12.8 Å². The molecule has 1 aliphatic rings. The molecular formula is C21H21FN4O. The second-order valence-electron chi connectivity index (χ2n) is 6.86. The maximum absolute atomic E-state index is 14.4.